The van der Waals surface area contributed by atoms with Gasteiger partial charge in [0.2, 0.25) is 0 Å². The third-order valence-corrected chi connectivity index (χ3v) is 4.46. The summed E-state index contributed by atoms with van der Waals surface area (Å²) in [4.78, 5) is 16.6. The minimum Gasteiger partial charge on any atom is -0.323 e. The Labute approximate surface area is 132 Å². The Morgan fingerprint density at radius 1 is 1.43 bits per heavy atom. The van der Waals surface area contributed by atoms with Gasteiger partial charge in [0.25, 0.3) is 0 Å². The molecule has 0 spiro atoms. The number of carbonyl (C=O) groups excluding carboxylic acids is 1. The highest BCUT2D eigenvalue weighted by atomic mass is 35.5. The average Bonchev–Trinajstić information content (AvgIpc) is 2.93. The molecular weight excluding hydrogens is 286 g/mol. The number of anilines is 1. The van der Waals surface area contributed by atoms with Crippen LogP contribution in [0.3, 0.4) is 0 Å². The lowest BCUT2D eigenvalue weighted by Crippen LogP contribution is -2.39. The van der Waals surface area contributed by atoms with Crippen LogP contribution in [0.2, 0.25) is 5.02 Å². The van der Waals surface area contributed by atoms with Gasteiger partial charge in [-0.2, -0.15) is 0 Å². The topological polar surface area (TPSA) is 35.6 Å². The fraction of sp³-hybridized carbons (Fsp3) is 0.562. The van der Waals surface area contributed by atoms with Gasteiger partial charge in [-0.1, -0.05) is 31.5 Å². The molecule has 1 heterocycles. The van der Waals surface area contributed by atoms with Crippen LogP contribution >= 0.6 is 11.6 Å². The SMILES string of the molecule is CCN(CC)C1CCN(C(=O)Nc2ccc(C)cc2Cl)C1. The molecule has 4 nitrogen and oxygen atoms in total. The third kappa shape index (κ3) is 3.89. The molecule has 21 heavy (non-hydrogen) atoms. The van der Waals surface area contributed by atoms with Crippen molar-refractivity contribution in [1.82, 2.24) is 9.80 Å². The number of benzene rings is 1. The van der Waals surface area contributed by atoms with Crippen molar-refractivity contribution < 1.29 is 4.79 Å². The molecule has 0 aliphatic carbocycles. The van der Waals surface area contributed by atoms with Crippen LogP contribution in [0, 0.1) is 6.92 Å². The molecule has 1 saturated heterocycles. The summed E-state index contributed by atoms with van der Waals surface area (Å²) in [5.41, 5.74) is 1.76. The van der Waals surface area contributed by atoms with Crippen LogP contribution in [0.1, 0.15) is 25.8 Å². The smallest absolute Gasteiger partial charge is 0.321 e. The van der Waals surface area contributed by atoms with Gasteiger partial charge in [-0.05, 0) is 44.1 Å². The third-order valence-electron chi connectivity index (χ3n) is 4.15. The number of nitrogens with one attached hydrogen (secondary N) is 1. The maximum atomic E-state index is 12.3. The second-order valence-corrected chi connectivity index (χ2v) is 5.93. The summed E-state index contributed by atoms with van der Waals surface area (Å²) in [6.07, 6.45) is 1.04. The zero-order valence-electron chi connectivity index (χ0n) is 13.0. The van der Waals surface area contributed by atoms with E-state index in [4.69, 9.17) is 11.6 Å². The van der Waals surface area contributed by atoms with Crippen molar-refractivity contribution in [2.24, 2.45) is 0 Å². The summed E-state index contributed by atoms with van der Waals surface area (Å²) in [6.45, 7) is 9.96. The number of rotatable bonds is 4. The number of amides is 2. The van der Waals surface area contributed by atoms with Gasteiger partial charge in [0.1, 0.15) is 0 Å². The monoisotopic (exact) mass is 309 g/mol. The standard InChI is InChI=1S/C16H24ClN3O/c1-4-19(5-2)13-8-9-20(11-13)16(21)18-15-7-6-12(3)10-14(15)17/h6-7,10,13H,4-5,8-9,11H2,1-3H3,(H,18,21). The van der Waals surface area contributed by atoms with E-state index in [1.54, 1.807) is 0 Å². The zero-order chi connectivity index (χ0) is 15.4. The van der Waals surface area contributed by atoms with E-state index in [2.05, 4.69) is 24.1 Å². The minimum atomic E-state index is -0.0598. The van der Waals surface area contributed by atoms with Crippen LogP contribution in [0.4, 0.5) is 10.5 Å². The highest BCUT2D eigenvalue weighted by Crippen LogP contribution is 2.24. The number of hydrogen-bond donors (Lipinski definition) is 1. The molecule has 2 amide bonds. The molecule has 1 N–H and O–H groups in total. The lowest BCUT2D eigenvalue weighted by molar-refractivity contribution is 0.202. The Morgan fingerprint density at radius 3 is 2.76 bits per heavy atom. The number of nitrogens with zero attached hydrogens (tertiary/aromatic N) is 2. The van der Waals surface area contributed by atoms with Crippen molar-refractivity contribution in [1.29, 1.82) is 0 Å². The van der Waals surface area contributed by atoms with Crippen LogP contribution < -0.4 is 5.32 Å². The summed E-state index contributed by atoms with van der Waals surface area (Å²) in [6, 6.07) is 6.08. The minimum absolute atomic E-state index is 0.0598. The number of likely N-dealkylation sites (tertiary alicyclic amines) is 1. The molecule has 0 radical (unpaired) electrons. The van der Waals surface area contributed by atoms with Gasteiger partial charge < -0.3 is 10.2 Å². The normalized spacial score (nSPS) is 18.3. The average molecular weight is 310 g/mol. The number of halogens is 1. The van der Waals surface area contributed by atoms with Gasteiger partial charge in [0.05, 0.1) is 10.7 Å². The molecule has 1 aliphatic rings. The summed E-state index contributed by atoms with van der Waals surface area (Å²) >= 11 is 6.16. The molecule has 0 bridgehead atoms. The zero-order valence-corrected chi connectivity index (χ0v) is 13.8. The molecule has 1 unspecified atom stereocenters. The Kier molecular flexibility index (Phi) is 5.48. The quantitative estimate of drug-likeness (QED) is 0.922. The summed E-state index contributed by atoms with van der Waals surface area (Å²) in [5, 5.41) is 3.50. The molecule has 116 valence electrons. The van der Waals surface area contributed by atoms with Crippen molar-refractivity contribution in [2.45, 2.75) is 33.2 Å². The number of carbonyl (C=O) groups is 1. The van der Waals surface area contributed by atoms with Crippen molar-refractivity contribution in [2.75, 3.05) is 31.5 Å². The Morgan fingerprint density at radius 2 is 2.14 bits per heavy atom. The largest absolute Gasteiger partial charge is 0.323 e. The first kappa shape index (κ1) is 16.1. The highest BCUT2D eigenvalue weighted by molar-refractivity contribution is 6.33. The van der Waals surface area contributed by atoms with Crippen molar-refractivity contribution in [3.8, 4) is 0 Å². The van der Waals surface area contributed by atoms with Crippen molar-refractivity contribution in [3.05, 3.63) is 28.8 Å². The lowest BCUT2D eigenvalue weighted by Gasteiger charge is -2.26. The molecule has 2 rings (SSSR count). The van der Waals surface area contributed by atoms with E-state index < -0.39 is 0 Å². The fourth-order valence-electron chi connectivity index (χ4n) is 2.88. The molecule has 1 aliphatic heterocycles. The van der Waals surface area contributed by atoms with Gasteiger partial charge in [-0.25, -0.2) is 4.79 Å². The van der Waals surface area contributed by atoms with Crippen LogP contribution in [0.25, 0.3) is 0 Å². The number of hydrogen-bond acceptors (Lipinski definition) is 2. The predicted octanol–water partition coefficient (Wildman–Crippen LogP) is 3.60. The Bertz CT molecular complexity index is 502. The first-order chi connectivity index (χ1) is 10.0. The number of aryl methyl sites for hydroxylation is 1. The highest BCUT2D eigenvalue weighted by Gasteiger charge is 2.29. The summed E-state index contributed by atoms with van der Waals surface area (Å²) in [5.74, 6) is 0. The van der Waals surface area contributed by atoms with E-state index in [9.17, 15) is 4.79 Å². The lowest BCUT2D eigenvalue weighted by atomic mass is 10.2. The predicted molar refractivity (Wildman–Crippen MR) is 88.1 cm³/mol. The van der Waals surface area contributed by atoms with Crippen molar-refractivity contribution >= 4 is 23.3 Å². The van der Waals surface area contributed by atoms with E-state index in [1.165, 1.54) is 0 Å². The van der Waals surface area contributed by atoms with E-state index >= 15 is 0 Å². The van der Waals surface area contributed by atoms with Crippen LogP contribution in [-0.2, 0) is 0 Å². The fourth-order valence-corrected chi connectivity index (χ4v) is 3.16. The molecule has 1 fully saturated rings. The second kappa shape index (κ2) is 7.14. The molecular formula is C16H24ClN3O. The first-order valence-corrected chi connectivity index (χ1v) is 7.99. The van der Waals surface area contributed by atoms with Gasteiger partial charge in [0, 0.05) is 19.1 Å². The first-order valence-electron chi connectivity index (χ1n) is 7.61. The summed E-state index contributed by atoms with van der Waals surface area (Å²) < 4.78 is 0. The Hall–Kier alpha value is -1.26. The molecule has 5 heteroatoms. The number of urea groups is 1. The summed E-state index contributed by atoms with van der Waals surface area (Å²) in [7, 11) is 0. The number of likely N-dealkylation sites (N-methyl/N-ethyl adjacent to an activating group) is 1. The van der Waals surface area contributed by atoms with Crippen LogP contribution in [0.15, 0.2) is 18.2 Å². The second-order valence-electron chi connectivity index (χ2n) is 5.52. The molecule has 1 aromatic carbocycles. The van der Waals surface area contributed by atoms with E-state index in [0.29, 0.717) is 16.8 Å². The molecule has 0 aromatic heterocycles. The molecule has 1 aromatic rings. The van der Waals surface area contributed by atoms with E-state index in [1.807, 2.05) is 30.0 Å². The maximum Gasteiger partial charge on any atom is 0.321 e. The molecule has 1 atom stereocenters. The maximum absolute atomic E-state index is 12.3. The van der Waals surface area contributed by atoms with Gasteiger partial charge in [0.15, 0.2) is 0 Å². The van der Waals surface area contributed by atoms with E-state index in [-0.39, 0.29) is 6.03 Å². The van der Waals surface area contributed by atoms with Gasteiger partial charge in [-0.15, -0.1) is 0 Å². The van der Waals surface area contributed by atoms with Crippen LogP contribution in [-0.4, -0.2) is 48.1 Å². The van der Waals surface area contributed by atoms with E-state index in [0.717, 1.165) is 38.2 Å². The van der Waals surface area contributed by atoms with Gasteiger partial charge in [-0.3, -0.25) is 4.90 Å². The van der Waals surface area contributed by atoms with Crippen LogP contribution in [0.5, 0.6) is 0 Å². The molecule has 0 saturated carbocycles. The Balaban J connectivity index is 1.95. The van der Waals surface area contributed by atoms with Gasteiger partial charge >= 0.3 is 6.03 Å². The van der Waals surface area contributed by atoms with Crippen molar-refractivity contribution in [3.63, 3.8) is 0 Å².